The monoisotopic (exact) mass is 380 g/mol. The molecule has 1 amide bonds. The van der Waals surface area contributed by atoms with Gasteiger partial charge in [-0.05, 0) is 29.8 Å². The molecule has 0 spiro atoms. The molecule has 2 aromatic carbocycles. The van der Waals surface area contributed by atoms with Crippen molar-refractivity contribution in [2.45, 2.75) is 0 Å². The second kappa shape index (κ2) is 8.30. The molecular formula is C17H17ClN2O6. The number of nitrogens with one attached hydrogen (secondary N) is 1. The van der Waals surface area contributed by atoms with Crippen molar-refractivity contribution < 1.29 is 29.2 Å². The molecular weight excluding hydrogens is 364 g/mol. The Morgan fingerprint density at radius 3 is 2.19 bits per heavy atom. The van der Waals surface area contributed by atoms with Gasteiger partial charge in [-0.1, -0.05) is 11.6 Å². The number of phenols is 2. The highest BCUT2D eigenvalue weighted by Gasteiger charge is 2.16. The second-order valence-corrected chi connectivity index (χ2v) is 5.39. The van der Waals surface area contributed by atoms with Gasteiger partial charge in [0.2, 0.25) is 5.75 Å². The third-order valence-corrected chi connectivity index (χ3v) is 3.66. The molecule has 0 aliphatic carbocycles. The molecule has 3 N–H and O–H groups in total. The lowest BCUT2D eigenvalue weighted by atomic mass is 10.1. The molecule has 0 saturated carbocycles. The van der Waals surface area contributed by atoms with Crippen LogP contribution in [0.4, 0.5) is 0 Å². The second-order valence-electron chi connectivity index (χ2n) is 4.98. The Morgan fingerprint density at radius 1 is 1.08 bits per heavy atom. The van der Waals surface area contributed by atoms with Gasteiger partial charge >= 0.3 is 0 Å². The number of hydrogen-bond acceptors (Lipinski definition) is 7. The van der Waals surface area contributed by atoms with Crippen molar-refractivity contribution in [3.05, 3.63) is 40.4 Å². The standard InChI is InChI=1S/C17H17ClN2O6/c1-24-13-6-10(7-14(25-2)16(13)26-3)17(23)20-19-8-9-4-11(18)15(22)12(21)5-9/h4-8,21-22H,1-3H3,(H,20,23)/b19-8+. The number of carbonyl (C=O) groups is 1. The topological polar surface area (TPSA) is 110 Å². The number of methoxy groups -OCH3 is 3. The predicted molar refractivity (Wildman–Crippen MR) is 95.9 cm³/mol. The Labute approximate surface area is 154 Å². The number of aromatic hydroxyl groups is 2. The van der Waals surface area contributed by atoms with Crippen LogP contribution in [0.5, 0.6) is 28.7 Å². The third-order valence-electron chi connectivity index (χ3n) is 3.37. The molecule has 0 atom stereocenters. The lowest BCUT2D eigenvalue weighted by Gasteiger charge is -2.13. The highest BCUT2D eigenvalue weighted by atomic mass is 35.5. The summed E-state index contributed by atoms with van der Waals surface area (Å²) in [6.45, 7) is 0. The van der Waals surface area contributed by atoms with Crippen LogP contribution in [0.1, 0.15) is 15.9 Å². The third kappa shape index (κ3) is 4.09. The van der Waals surface area contributed by atoms with Gasteiger partial charge in [0.15, 0.2) is 23.0 Å². The van der Waals surface area contributed by atoms with Crippen molar-refractivity contribution >= 4 is 23.7 Å². The van der Waals surface area contributed by atoms with E-state index in [0.717, 1.165) is 0 Å². The van der Waals surface area contributed by atoms with Crippen LogP contribution in [0.15, 0.2) is 29.4 Å². The molecule has 138 valence electrons. The molecule has 0 heterocycles. The number of amides is 1. The molecule has 9 heteroatoms. The minimum Gasteiger partial charge on any atom is -0.504 e. The highest BCUT2D eigenvalue weighted by molar-refractivity contribution is 6.32. The van der Waals surface area contributed by atoms with Gasteiger partial charge in [0.25, 0.3) is 5.91 Å². The van der Waals surface area contributed by atoms with Crippen LogP contribution in [0.3, 0.4) is 0 Å². The van der Waals surface area contributed by atoms with Gasteiger partial charge in [0, 0.05) is 5.56 Å². The number of hydrogen-bond donors (Lipinski definition) is 3. The fourth-order valence-electron chi connectivity index (χ4n) is 2.12. The van der Waals surface area contributed by atoms with Gasteiger partial charge in [-0.3, -0.25) is 4.79 Å². The van der Waals surface area contributed by atoms with Crippen molar-refractivity contribution in [3.8, 4) is 28.7 Å². The van der Waals surface area contributed by atoms with Crippen LogP contribution in [-0.4, -0.2) is 43.7 Å². The number of carbonyl (C=O) groups excluding carboxylic acids is 1. The van der Waals surface area contributed by atoms with Gasteiger partial charge in [0.05, 0.1) is 32.6 Å². The van der Waals surface area contributed by atoms with E-state index in [2.05, 4.69) is 10.5 Å². The van der Waals surface area contributed by atoms with Crippen LogP contribution in [0.25, 0.3) is 0 Å². The quantitative estimate of drug-likeness (QED) is 0.403. The Kier molecular flexibility index (Phi) is 6.13. The normalized spacial score (nSPS) is 10.6. The largest absolute Gasteiger partial charge is 0.504 e. The van der Waals surface area contributed by atoms with Gasteiger partial charge < -0.3 is 24.4 Å². The van der Waals surface area contributed by atoms with Crippen molar-refractivity contribution in [2.24, 2.45) is 5.10 Å². The Balaban J connectivity index is 2.20. The fraction of sp³-hybridized carbons (Fsp3) is 0.176. The molecule has 26 heavy (non-hydrogen) atoms. The van der Waals surface area contributed by atoms with Gasteiger partial charge in [-0.15, -0.1) is 0 Å². The van der Waals surface area contributed by atoms with Crippen LogP contribution in [0, 0.1) is 0 Å². The minimum atomic E-state index is -0.519. The van der Waals surface area contributed by atoms with Crippen LogP contribution in [-0.2, 0) is 0 Å². The van der Waals surface area contributed by atoms with E-state index in [1.807, 2.05) is 0 Å². The first-order valence-electron chi connectivity index (χ1n) is 7.26. The van der Waals surface area contributed by atoms with Crippen LogP contribution in [0.2, 0.25) is 5.02 Å². The summed E-state index contributed by atoms with van der Waals surface area (Å²) in [7, 11) is 4.35. The summed E-state index contributed by atoms with van der Waals surface area (Å²) in [6.07, 6.45) is 1.26. The van der Waals surface area contributed by atoms with E-state index in [1.165, 1.54) is 51.8 Å². The average Bonchev–Trinajstić information content (AvgIpc) is 2.64. The molecule has 0 unspecified atom stereocenters. The number of halogens is 1. The maximum atomic E-state index is 12.3. The van der Waals surface area contributed by atoms with Crippen LogP contribution < -0.4 is 19.6 Å². The zero-order chi connectivity index (χ0) is 19.3. The Hall–Kier alpha value is -3.13. The van der Waals surface area contributed by atoms with E-state index >= 15 is 0 Å². The fourth-order valence-corrected chi connectivity index (χ4v) is 2.34. The zero-order valence-corrected chi connectivity index (χ0v) is 15.0. The number of phenolic OH excluding ortho intramolecular Hbond substituents is 2. The molecule has 8 nitrogen and oxygen atoms in total. The van der Waals surface area contributed by atoms with Gasteiger partial charge in [0.1, 0.15) is 0 Å². The van der Waals surface area contributed by atoms with Crippen molar-refractivity contribution in [2.75, 3.05) is 21.3 Å². The first kappa shape index (κ1) is 19.2. The first-order chi connectivity index (χ1) is 12.4. The SMILES string of the molecule is COc1cc(C(=O)N/N=C/c2cc(O)c(O)c(Cl)c2)cc(OC)c1OC. The van der Waals surface area contributed by atoms with Crippen molar-refractivity contribution in [3.63, 3.8) is 0 Å². The Bertz CT molecular complexity index is 805. The summed E-state index contributed by atoms with van der Waals surface area (Å²) in [4.78, 5) is 12.3. The molecule has 0 aromatic heterocycles. The van der Waals surface area contributed by atoms with Crippen LogP contribution >= 0.6 is 11.6 Å². The summed E-state index contributed by atoms with van der Waals surface area (Å²) < 4.78 is 15.6. The highest BCUT2D eigenvalue weighted by Crippen LogP contribution is 2.38. The first-order valence-corrected chi connectivity index (χ1v) is 7.64. The summed E-state index contributed by atoms with van der Waals surface area (Å²) in [6, 6.07) is 5.59. The lowest BCUT2D eigenvalue weighted by molar-refractivity contribution is 0.0954. The molecule has 2 rings (SSSR count). The lowest BCUT2D eigenvalue weighted by Crippen LogP contribution is -2.18. The van der Waals surface area contributed by atoms with E-state index in [4.69, 9.17) is 25.8 Å². The summed E-state index contributed by atoms with van der Waals surface area (Å²) in [5, 5.41) is 22.7. The molecule has 0 aliphatic rings. The average molecular weight is 381 g/mol. The van der Waals surface area contributed by atoms with Crippen molar-refractivity contribution in [1.82, 2.24) is 5.43 Å². The van der Waals surface area contributed by atoms with E-state index in [0.29, 0.717) is 22.8 Å². The summed E-state index contributed by atoms with van der Waals surface area (Å²) in [5.41, 5.74) is 2.96. The molecule has 0 fully saturated rings. The molecule has 0 saturated heterocycles. The number of benzene rings is 2. The Morgan fingerprint density at radius 2 is 1.69 bits per heavy atom. The van der Waals surface area contributed by atoms with E-state index in [-0.39, 0.29) is 10.6 Å². The number of rotatable bonds is 6. The summed E-state index contributed by atoms with van der Waals surface area (Å²) in [5.74, 6) is -0.313. The number of hydrazone groups is 1. The van der Waals surface area contributed by atoms with Gasteiger partial charge in [-0.2, -0.15) is 5.10 Å². The van der Waals surface area contributed by atoms with Crippen molar-refractivity contribution in [1.29, 1.82) is 0 Å². The summed E-state index contributed by atoms with van der Waals surface area (Å²) >= 11 is 5.75. The smallest absolute Gasteiger partial charge is 0.271 e. The predicted octanol–water partition coefficient (Wildman–Crippen LogP) is 2.54. The molecule has 0 aliphatic heterocycles. The van der Waals surface area contributed by atoms with E-state index in [1.54, 1.807) is 0 Å². The molecule has 2 aromatic rings. The molecule has 0 radical (unpaired) electrons. The maximum absolute atomic E-state index is 12.3. The van der Waals surface area contributed by atoms with E-state index in [9.17, 15) is 15.0 Å². The van der Waals surface area contributed by atoms with E-state index < -0.39 is 17.4 Å². The van der Waals surface area contributed by atoms with Gasteiger partial charge in [-0.25, -0.2) is 5.43 Å². The minimum absolute atomic E-state index is 0.0394. The molecule has 0 bridgehead atoms. The maximum Gasteiger partial charge on any atom is 0.271 e. The number of nitrogens with zero attached hydrogens (tertiary/aromatic N) is 1. The number of ether oxygens (including phenoxy) is 3. The zero-order valence-electron chi connectivity index (χ0n) is 14.2.